The normalized spacial score (nSPS) is 11.3. The molecular formula is C17H15F3N6O2. The summed E-state index contributed by atoms with van der Waals surface area (Å²) in [6.07, 6.45) is -1.28. The van der Waals surface area contributed by atoms with Gasteiger partial charge in [-0.3, -0.25) is 14.6 Å². The summed E-state index contributed by atoms with van der Waals surface area (Å²) in [5.41, 5.74) is 4.51. The summed E-state index contributed by atoms with van der Waals surface area (Å²) in [5.74, 6) is 4.66. The summed E-state index contributed by atoms with van der Waals surface area (Å²) in [6, 6.07) is 8.68. The fourth-order valence-corrected chi connectivity index (χ4v) is 2.53. The van der Waals surface area contributed by atoms with E-state index < -0.39 is 24.7 Å². The van der Waals surface area contributed by atoms with Crippen LogP contribution < -0.4 is 21.9 Å². The lowest BCUT2D eigenvalue weighted by atomic mass is 10.1. The number of anilines is 1. The van der Waals surface area contributed by atoms with Crippen molar-refractivity contribution in [2.45, 2.75) is 6.18 Å². The van der Waals surface area contributed by atoms with E-state index >= 15 is 0 Å². The Kier molecular flexibility index (Phi) is 5.18. The first-order valence-corrected chi connectivity index (χ1v) is 7.97. The second kappa shape index (κ2) is 7.56. The lowest BCUT2D eigenvalue weighted by Crippen LogP contribution is -2.36. The Balaban J connectivity index is 1.82. The van der Waals surface area contributed by atoms with Crippen LogP contribution in [0.1, 0.15) is 10.4 Å². The van der Waals surface area contributed by atoms with Gasteiger partial charge >= 0.3 is 12.2 Å². The average molecular weight is 392 g/mol. The lowest BCUT2D eigenvalue weighted by molar-refractivity contribution is -0.122. The van der Waals surface area contributed by atoms with E-state index in [9.17, 15) is 22.8 Å². The highest BCUT2D eigenvalue weighted by molar-refractivity contribution is 5.94. The molecule has 3 rings (SSSR count). The van der Waals surface area contributed by atoms with E-state index in [1.54, 1.807) is 58.5 Å². The smallest absolute Gasteiger partial charge is 0.329 e. The summed E-state index contributed by atoms with van der Waals surface area (Å²) in [6.45, 7) is -1.43. The summed E-state index contributed by atoms with van der Waals surface area (Å²) < 4.78 is 38.2. The fraction of sp³-hybridized carbons (Fsp3) is 0.118. The number of nitrogens with zero attached hydrogens (tertiary/aromatic N) is 2. The molecule has 0 unspecified atom stereocenters. The van der Waals surface area contributed by atoms with Crippen LogP contribution in [0.25, 0.3) is 16.9 Å². The minimum Gasteiger partial charge on any atom is -0.329 e. The zero-order chi connectivity index (χ0) is 20.3. The predicted octanol–water partition coefficient (Wildman–Crippen LogP) is 2.29. The number of carbonyl (C=O) groups is 2. The molecule has 0 spiro atoms. The number of imidazole rings is 1. The van der Waals surface area contributed by atoms with Crippen LogP contribution in [0.4, 0.5) is 23.7 Å². The van der Waals surface area contributed by atoms with Gasteiger partial charge in [0.15, 0.2) is 0 Å². The maximum atomic E-state index is 12.2. The van der Waals surface area contributed by atoms with Crippen LogP contribution in [0.2, 0.25) is 0 Å². The van der Waals surface area contributed by atoms with Gasteiger partial charge in [-0.1, -0.05) is 12.1 Å². The van der Waals surface area contributed by atoms with Crippen LogP contribution in [-0.2, 0) is 0 Å². The van der Waals surface area contributed by atoms with Gasteiger partial charge in [0.25, 0.3) is 5.91 Å². The molecule has 0 atom stereocenters. The molecule has 5 N–H and O–H groups in total. The first-order chi connectivity index (χ1) is 13.3. The molecule has 8 nitrogen and oxygen atoms in total. The summed E-state index contributed by atoms with van der Waals surface area (Å²) in [7, 11) is 0. The molecule has 0 saturated carbocycles. The number of rotatable bonds is 4. The van der Waals surface area contributed by atoms with Crippen molar-refractivity contribution in [1.29, 1.82) is 0 Å². The van der Waals surface area contributed by atoms with E-state index in [0.717, 1.165) is 0 Å². The fourth-order valence-electron chi connectivity index (χ4n) is 2.53. The van der Waals surface area contributed by atoms with Crippen LogP contribution >= 0.6 is 0 Å². The number of pyridine rings is 1. The van der Waals surface area contributed by atoms with Crippen LogP contribution in [0.3, 0.4) is 0 Å². The Bertz CT molecular complexity index is 1030. The van der Waals surface area contributed by atoms with Gasteiger partial charge in [-0.2, -0.15) is 13.2 Å². The number of hydrazine groups is 1. The number of fused-ring (bicyclic) bond motifs is 1. The quantitative estimate of drug-likeness (QED) is 0.310. The minimum absolute atomic E-state index is 0.311. The number of halogens is 3. The number of amides is 3. The molecular weight excluding hydrogens is 377 g/mol. The molecule has 3 amide bonds. The van der Waals surface area contributed by atoms with Crippen molar-refractivity contribution in [2.24, 2.45) is 5.84 Å². The van der Waals surface area contributed by atoms with Crippen molar-refractivity contribution >= 4 is 23.3 Å². The standard InChI is InChI=1S/C17H15F3N6O2/c18-17(19,20)9-23-16(28)24-12-3-1-2-10(6-12)13-8-22-14-7-11(15(27)25-21)4-5-26(13)14/h1-8H,9,21H2,(H,25,27)(H2,23,24,28). The van der Waals surface area contributed by atoms with Gasteiger partial charge < -0.3 is 10.6 Å². The maximum Gasteiger partial charge on any atom is 0.405 e. The van der Waals surface area contributed by atoms with Crippen molar-refractivity contribution in [1.82, 2.24) is 20.1 Å². The average Bonchev–Trinajstić information content (AvgIpc) is 3.08. The number of urea groups is 1. The van der Waals surface area contributed by atoms with E-state index in [-0.39, 0.29) is 0 Å². The van der Waals surface area contributed by atoms with Crippen LogP contribution in [0, 0.1) is 0 Å². The lowest BCUT2D eigenvalue weighted by Gasteiger charge is -2.11. The minimum atomic E-state index is -4.49. The second-order valence-corrected chi connectivity index (χ2v) is 5.76. The first kappa shape index (κ1) is 19.2. The molecule has 0 bridgehead atoms. The molecule has 0 aliphatic carbocycles. The van der Waals surface area contributed by atoms with Gasteiger partial charge in [-0.25, -0.2) is 15.6 Å². The molecule has 2 heterocycles. The van der Waals surface area contributed by atoms with Crippen LogP contribution in [0.5, 0.6) is 0 Å². The zero-order valence-electron chi connectivity index (χ0n) is 14.2. The number of nitrogens with one attached hydrogen (secondary N) is 3. The highest BCUT2D eigenvalue weighted by Crippen LogP contribution is 2.24. The monoisotopic (exact) mass is 392 g/mol. The van der Waals surface area contributed by atoms with E-state index in [0.29, 0.717) is 28.2 Å². The van der Waals surface area contributed by atoms with Gasteiger partial charge in [-0.15, -0.1) is 0 Å². The van der Waals surface area contributed by atoms with Gasteiger partial charge in [0.2, 0.25) is 0 Å². The molecule has 146 valence electrons. The van der Waals surface area contributed by atoms with Crippen LogP contribution in [0.15, 0.2) is 48.8 Å². The van der Waals surface area contributed by atoms with Gasteiger partial charge in [0.1, 0.15) is 12.2 Å². The Labute approximate surface area is 156 Å². The van der Waals surface area contributed by atoms with E-state index in [2.05, 4.69) is 10.3 Å². The number of carbonyl (C=O) groups excluding carboxylic acids is 2. The Morgan fingerprint density at radius 2 is 1.96 bits per heavy atom. The summed E-state index contributed by atoms with van der Waals surface area (Å²) in [5, 5.41) is 4.09. The molecule has 0 fully saturated rings. The van der Waals surface area contributed by atoms with Crippen LogP contribution in [-0.4, -0.2) is 34.0 Å². The topological polar surface area (TPSA) is 114 Å². The van der Waals surface area contributed by atoms with Crippen molar-refractivity contribution in [3.05, 3.63) is 54.4 Å². The Morgan fingerprint density at radius 3 is 2.68 bits per heavy atom. The number of nitrogens with two attached hydrogens (primary N) is 1. The Hall–Kier alpha value is -3.60. The predicted molar refractivity (Wildman–Crippen MR) is 95.4 cm³/mol. The molecule has 0 saturated heterocycles. The van der Waals surface area contributed by atoms with Crippen molar-refractivity contribution in [3.8, 4) is 11.3 Å². The molecule has 0 aliphatic heterocycles. The van der Waals surface area contributed by atoms with Crippen molar-refractivity contribution in [3.63, 3.8) is 0 Å². The molecule has 0 radical (unpaired) electrons. The number of hydrogen-bond acceptors (Lipinski definition) is 4. The molecule has 11 heteroatoms. The van der Waals surface area contributed by atoms with Gasteiger partial charge in [0.05, 0.1) is 11.9 Å². The highest BCUT2D eigenvalue weighted by Gasteiger charge is 2.27. The van der Waals surface area contributed by atoms with E-state index in [1.165, 1.54) is 0 Å². The highest BCUT2D eigenvalue weighted by atomic mass is 19.4. The van der Waals surface area contributed by atoms with Crippen molar-refractivity contribution < 1.29 is 22.8 Å². The maximum absolute atomic E-state index is 12.2. The third-order valence-electron chi connectivity index (χ3n) is 3.77. The molecule has 28 heavy (non-hydrogen) atoms. The van der Waals surface area contributed by atoms with E-state index in [1.807, 2.05) is 5.43 Å². The number of benzene rings is 1. The number of hydrogen-bond donors (Lipinski definition) is 4. The third kappa shape index (κ3) is 4.38. The largest absolute Gasteiger partial charge is 0.405 e. The second-order valence-electron chi connectivity index (χ2n) is 5.76. The first-order valence-electron chi connectivity index (χ1n) is 7.97. The van der Waals surface area contributed by atoms with Gasteiger partial charge in [0, 0.05) is 23.0 Å². The van der Waals surface area contributed by atoms with E-state index in [4.69, 9.17) is 5.84 Å². The molecule has 0 aliphatic rings. The third-order valence-corrected chi connectivity index (χ3v) is 3.77. The van der Waals surface area contributed by atoms with Gasteiger partial charge in [-0.05, 0) is 24.3 Å². The summed E-state index contributed by atoms with van der Waals surface area (Å²) >= 11 is 0. The zero-order valence-corrected chi connectivity index (χ0v) is 14.2. The Morgan fingerprint density at radius 1 is 1.18 bits per heavy atom. The SMILES string of the molecule is NNC(=O)c1ccn2c(-c3cccc(NC(=O)NCC(F)(F)F)c3)cnc2c1. The molecule has 3 aromatic rings. The summed E-state index contributed by atoms with van der Waals surface area (Å²) in [4.78, 5) is 27.5. The number of nitrogen functional groups attached to an aromatic ring is 1. The van der Waals surface area contributed by atoms with Crippen molar-refractivity contribution in [2.75, 3.05) is 11.9 Å². The number of alkyl halides is 3. The molecule has 2 aromatic heterocycles. The molecule has 1 aromatic carbocycles. The number of aromatic nitrogens is 2.